The molecular weight excluding hydrogens is 476 g/mol. The van der Waals surface area contributed by atoms with E-state index in [1.165, 1.54) is 12.8 Å². The molecule has 7 heterocycles. The molecule has 0 aliphatic carbocycles. The summed E-state index contributed by atoms with van der Waals surface area (Å²) in [4.78, 5) is 24.0. The van der Waals surface area contributed by atoms with E-state index in [1.807, 2.05) is 55.1 Å². The van der Waals surface area contributed by atoms with Gasteiger partial charge in [-0.05, 0) is 56.3 Å². The SMILES string of the molecule is c1cncc(-c2cncc3[nH]c(-c4n[nH]c5ccc(-c6cncc(OCCN7CCCC7)c6)nc45)cc23)c1. The average molecular weight is 503 g/mol. The Balaban J connectivity index is 1.20. The Morgan fingerprint density at radius 1 is 0.868 bits per heavy atom. The summed E-state index contributed by atoms with van der Waals surface area (Å²) in [5, 5.41) is 8.77. The summed E-state index contributed by atoms with van der Waals surface area (Å²) in [6.07, 6.45) is 13.4. The number of aromatic amines is 2. The second kappa shape index (κ2) is 9.68. The molecule has 7 rings (SSSR count). The number of ether oxygens (including phenoxy) is 1. The fourth-order valence-electron chi connectivity index (χ4n) is 5.11. The summed E-state index contributed by atoms with van der Waals surface area (Å²) in [6, 6.07) is 12.0. The highest BCUT2D eigenvalue weighted by atomic mass is 16.5. The zero-order valence-corrected chi connectivity index (χ0v) is 20.8. The van der Waals surface area contributed by atoms with Gasteiger partial charge >= 0.3 is 0 Å². The van der Waals surface area contributed by atoms with Crippen molar-refractivity contribution in [1.29, 1.82) is 0 Å². The second-order valence-electron chi connectivity index (χ2n) is 9.54. The van der Waals surface area contributed by atoms with Crippen LogP contribution in [0.5, 0.6) is 5.75 Å². The number of pyridine rings is 4. The van der Waals surface area contributed by atoms with Crippen LogP contribution in [0.15, 0.2) is 73.6 Å². The Morgan fingerprint density at radius 3 is 2.66 bits per heavy atom. The highest BCUT2D eigenvalue weighted by Crippen LogP contribution is 2.33. The normalized spacial score (nSPS) is 14.0. The van der Waals surface area contributed by atoms with Crippen molar-refractivity contribution in [2.75, 3.05) is 26.2 Å². The molecule has 0 spiro atoms. The highest BCUT2D eigenvalue weighted by Gasteiger charge is 2.16. The minimum atomic E-state index is 0.653. The van der Waals surface area contributed by atoms with E-state index in [-0.39, 0.29) is 0 Å². The number of fused-ring (bicyclic) bond motifs is 2. The molecular formula is C29H26N8O. The van der Waals surface area contributed by atoms with Gasteiger partial charge in [-0.3, -0.25) is 25.0 Å². The van der Waals surface area contributed by atoms with Crippen LogP contribution in [0.1, 0.15) is 12.8 Å². The summed E-state index contributed by atoms with van der Waals surface area (Å²) in [5.74, 6) is 0.752. The molecule has 9 heteroatoms. The van der Waals surface area contributed by atoms with Gasteiger partial charge in [0.1, 0.15) is 23.6 Å². The third-order valence-corrected chi connectivity index (χ3v) is 7.06. The number of hydrogen-bond donors (Lipinski definition) is 2. The Kier molecular flexibility index (Phi) is 5.75. The summed E-state index contributed by atoms with van der Waals surface area (Å²) in [6.45, 7) is 3.92. The van der Waals surface area contributed by atoms with Gasteiger partial charge in [0, 0.05) is 53.4 Å². The molecule has 9 nitrogen and oxygen atoms in total. The fraction of sp³-hybridized carbons (Fsp3) is 0.207. The number of H-pyrrole nitrogens is 2. The first-order valence-electron chi connectivity index (χ1n) is 12.8. The van der Waals surface area contributed by atoms with Gasteiger partial charge in [0.15, 0.2) is 0 Å². The Morgan fingerprint density at radius 2 is 1.76 bits per heavy atom. The third kappa shape index (κ3) is 4.26. The molecule has 1 aliphatic rings. The summed E-state index contributed by atoms with van der Waals surface area (Å²) in [5.41, 5.74) is 7.93. The summed E-state index contributed by atoms with van der Waals surface area (Å²) < 4.78 is 6.01. The largest absolute Gasteiger partial charge is 0.491 e. The van der Waals surface area contributed by atoms with Crippen LogP contribution in [0, 0.1) is 0 Å². The molecule has 0 bridgehead atoms. The molecule has 1 aliphatic heterocycles. The number of nitrogens with one attached hydrogen (secondary N) is 2. The zero-order valence-electron chi connectivity index (χ0n) is 20.8. The van der Waals surface area contributed by atoms with Crippen LogP contribution in [0.2, 0.25) is 0 Å². The van der Waals surface area contributed by atoms with Gasteiger partial charge in [0.05, 0.1) is 34.8 Å². The van der Waals surface area contributed by atoms with E-state index >= 15 is 0 Å². The van der Waals surface area contributed by atoms with E-state index in [1.54, 1.807) is 12.4 Å². The van der Waals surface area contributed by atoms with Crippen LogP contribution in [0.25, 0.3) is 55.7 Å². The second-order valence-corrected chi connectivity index (χ2v) is 9.54. The molecule has 0 amide bonds. The molecule has 0 radical (unpaired) electrons. The van der Waals surface area contributed by atoms with E-state index in [0.717, 1.165) is 81.1 Å². The molecule has 6 aromatic rings. The van der Waals surface area contributed by atoms with Crippen molar-refractivity contribution < 1.29 is 4.74 Å². The first-order chi connectivity index (χ1) is 18.8. The number of nitrogens with zero attached hydrogens (tertiary/aromatic N) is 6. The van der Waals surface area contributed by atoms with Crippen LogP contribution in [-0.4, -0.2) is 66.3 Å². The van der Waals surface area contributed by atoms with Gasteiger partial charge in [-0.1, -0.05) is 6.07 Å². The van der Waals surface area contributed by atoms with Gasteiger partial charge < -0.3 is 9.72 Å². The Hall–Kier alpha value is -4.63. The minimum Gasteiger partial charge on any atom is -0.491 e. The third-order valence-electron chi connectivity index (χ3n) is 7.06. The molecule has 1 saturated heterocycles. The number of hydrogen-bond acceptors (Lipinski definition) is 7. The Bertz CT molecular complexity index is 1720. The van der Waals surface area contributed by atoms with Crippen molar-refractivity contribution in [2.24, 2.45) is 0 Å². The lowest BCUT2D eigenvalue weighted by Crippen LogP contribution is -2.25. The molecule has 0 aromatic carbocycles. The molecule has 2 N–H and O–H groups in total. The van der Waals surface area contributed by atoms with Crippen LogP contribution in [0.3, 0.4) is 0 Å². The van der Waals surface area contributed by atoms with Crippen molar-refractivity contribution in [2.45, 2.75) is 12.8 Å². The molecule has 0 unspecified atom stereocenters. The van der Waals surface area contributed by atoms with E-state index < -0.39 is 0 Å². The lowest BCUT2D eigenvalue weighted by Gasteiger charge is -2.15. The van der Waals surface area contributed by atoms with E-state index in [0.29, 0.717) is 6.61 Å². The molecule has 0 saturated carbocycles. The van der Waals surface area contributed by atoms with Crippen LogP contribution < -0.4 is 4.74 Å². The zero-order chi connectivity index (χ0) is 25.3. The maximum atomic E-state index is 6.01. The molecule has 188 valence electrons. The predicted octanol–water partition coefficient (Wildman–Crippen LogP) is 5.10. The first kappa shape index (κ1) is 22.6. The van der Waals surface area contributed by atoms with Crippen molar-refractivity contribution in [3.8, 4) is 39.5 Å². The summed E-state index contributed by atoms with van der Waals surface area (Å²) >= 11 is 0. The van der Waals surface area contributed by atoms with Crippen LogP contribution in [-0.2, 0) is 0 Å². The lowest BCUT2D eigenvalue weighted by molar-refractivity contribution is 0.237. The number of aromatic nitrogens is 7. The minimum absolute atomic E-state index is 0.653. The molecule has 0 atom stereocenters. The molecule has 38 heavy (non-hydrogen) atoms. The number of likely N-dealkylation sites (tertiary alicyclic amines) is 1. The van der Waals surface area contributed by atoms with Crippen molar-refractivity contribution in [3.63, 3.8) is 0 Å². The van der Waals surface area contributed by atoms with Gasteiger partial charge in [0.25, 0.3) is 0 Å². The standard InChI is InChI=1S/C29H26N8O/c1-2-9-37(8-1)10-11-38-21-12-20(15-31-16-21)24-5-6-25-28(34-24)29(36-35-25)26-13-22-23(17-32-18-27(22)33-26)19-4-3-7-30-14-19/h3-7,12-18,33H,1-2,8-11H2,(H,35,36). The van der Waals surface area contributed by atoms with E-state index in [2.05, 4.69) is 41.1 Å². The molecule has 6 aromatic heterocycles. The van der Waals surface area contributed by atoms with E-state index in [9.17, 15) is 0 Å². The van der Waals surface area contributed by atoms with Crippen molar-refractivity contribution >= 4 is 21.9 Å². The quantitative estimate of drug-likeness (QED) is 0.313. The van der Waals surface area contributed by atoms with Gasteiger partial charge in [-0.25, -0.2) is 4.98 Å². The van der Waals surface area contributed by atoms with Gasteiger partial charge in [0.2, 0.25) is 0 Å². The number of rotatable bonds is 7. The van der Waals surface area contributed by atoms with Crippen molar-refractivity contribution in [1.82, 2.24) is 40.0 Å². The van der Waals surface area contributed by atoms with Gasteiger partial charge in [-0.15, -0.1) is 0 Å². The molecule has 1 fully saturated rings. The Labute approximate surface area is 219 Å². The summed E-state index contributed by atoms with van der Waals surface area (Å²) in [7, 11) is 0. The maximum absolute atomic E-state index is 6.01. The van der Waals surface area contributed by atoms with Crippen LogP contribution in [0.4, 0.5) is 0 Å². The maximum Gasteiger partial charge on any atom is 0.138 e. The van der Waals surface area contributed by atoms with Crippen molar-refractivity contribution in [3.05, 3.63) is 73.6 Å². The van der Waals surface area contributed by atoms with Crippen LogP contribution >= 0.6 is 0 Å². The monoisotopic (exact) mass is 502 g/mol. The fourth-order valence-corrected chi connectivity index (χ4v) is 5.11. The predicted molar refractivity (Wildman–Crippen MR) is 147 cm³/mol. The topological polar surface area (TPSA) is 108 Å². The van der Waals surface area contributed by atoms with E-state index in [4.69, 9.17) is 9.72 Å². The smallest absolute Gasteiger partial charge is 0.138 e. The highest BCUT2D eigenvalue weighted by molar-refractivity contribution is 5.99. The van der Waals surface area contributed by atoms with Gasteiger partial charge in [-0.2, -0.15) is 5.10 Å². The lowest BCUT2D eigenvalue weighted by atomic mass is 10.1. The average Bonchev–Trinajstić information content (AvgIpc) is 3.73. The first-order valence-corrected chi connectivity index (χ1v) is 12.8.